The minimum atomic E-state index is 0.641. The van der Waals surface area contributed by atoms with Crippen LogP contribution in [0.15, 0.2) is 36.0 Å². The molecule has 0 bridgehead atoms. The van der Waals surface area contributed by atoms with Gasteiger partial charge in [-0.1, -0.05) is 38.7 Å². The average Bonchev–Trinajstić information content (AvgIpc) is 2.32. The summed E-state index contributed by atoms with van der Waals surface area (Å²) in [7, 11) is 2.03. The highest BCUT2D eigenvalue weighted by atomic mass is 14.9. The molecule has 0 radical (unpaired) electrons. The van der Waals surface area contributed by atoms with Crippen LogP contribution in [0.25, 0.3) is 0 Å². The lowest BCUT2D eigenvalue weighted by Gasteiger charge is -2.24. The van der Waals surface area contributed by atoms with Crippen LogP contribution < -0.4 is 5.32 Å². The lowest BCUT2D eigenvalue weighted by Crippen LogP contribution is -2.28. The van der Waals surface area contributed by atoms with E-state index in [4.69, 9.17) is 0 Å². The van der Waals surface area contributed by atoms with E-state index in [2.05, 4.69) is 31.0 Å². The molecule has 0 aromatic rings. The van der Waals surface area contributed by atoms with Gasteiger partial charge in [-0.2, -0.15) is 0 Å². The van der Waals surface area contributed by atoms with Crippen LogP contribution in [0.3, 0.4) is 0 Å². The Kier molecular flexibility index (Phi) is 8.02. The maximum absolute atomic E-state index is 3.87. The first-order valence-electron chi connectivity index (χ1n) is 5.96. The minimum Gasteiger partial charge on any atom is -0.317 e. The van der Waals surface area contributed by atoms with E-state index >= 15 is 0 Å². The van der Waals surface area contributed by atoms with Gasteiger partial charge in [0.25, 0.3) is 0 Å². The molecular weight excluding hydrogens is 182 g/mol. The Bertz CT molecular complexity index is 236. The van der Waals surface area contributed by atoms with Crippen molar-refractivity contribution in [3.8, 4) is 0 Å². The predicted molar refractivity (Wildman–Crippen MR) is 70.1 cm³/mol. The topological polar surface area (TPSA) is 12.0 Å². The first kappa shape index (κ1) is 14.2. The van der Waals surface area contributed by atoms with Gasteiger partial charge in [0.15, 0.2) is 0 Å². The Balaban J connectivity index is 0.000000921. The van der Waals surface area contributed by atoms with Gasteiger partial charge in [0.1, 0.15) is 0 Å². The maximum Gasteiger partial charge on any atom is 0.0108 e. The van der Waals surface area contributed by atoms with Gasteiger partial charge in [-0.15, -0.1) is 0 Å². The van der Waals surface area contributed by atoms with Crippen LogP contribution in [0.1, 0.15) is 40.0 Å². The van der Waals surface area contributed by atoms with Crippen molar-refractivity contribution in [2.75, 3.05) is 7.05 Å². The minimum absolute atomic E-state index is 0.641. The lowest BCUT2D eigenvalue weighted by molar-refractivity contribution is 0.501. The summed E-state index contributed by atoms with van der Waals surface area (Å²) in [6, 6.07) is 0.641. The second-order valence-electron chi connectivity index (χ2n) is 3.48. The second-order valence-corrected chi connectivity index (χ2v) is 3.48. The summed E-state index contributed by atoms with van der Waals surface area (Å²) < 4.78 is 0. The summed E-state index contributed by atoms with van der Waals surface area (Å²) in [6.45, 7) is 9.93. The molecule has 86 valence electrons. The highest BCUT2D eigenvalue weighted by Gasteiger charge is 2.15. The molecule has 1 heteroatoms. The summed E-state index contributed by atoms with van der Waals surface area (Å²) in [5, 5.41) is 3.32. The quantitative estimate of drug-likeness (QED) is 0.741. The molecule has 0 aromatic carbocycles. The number of rotatable bonds is 3. The number of nitrogens with one attached hydrogen (secondary N) is 1. The third-order valence-electron chi connectivity index (χ3n) is 2.66. The monoisotopic (exact) mass is 207 g/mol. The van der Waals surface area contributed by atoms with Crippen LogP contribution in [0.2, 0.25) is 0 Å². The van der Waals surface area contributed by atoms with Gasteiger partial charge in [0.2, 0.25) is 0 Å². The Hall–Kier alpha value is -0.820. The van der Waals surface area contributed by atoms with Crippen molar-refractivity contribution in [1.29, 1.82) is 0 Å². The van der Waals surface area contributed by atoms with E-state index in [0.717, 1.165) is 6.42 Å². The summed E-state index contributed by atoms with van der Waals surface area (Å²) >= 11 is 0. The van der Waals surface area contributed by atoms with Gasteiger partial charge >= 0.3 is 0 Å². The second kappa shape index (κ2) is 8.49. The molecule has 1 unspecified atom stereocenters. The number of hydrogen-bond donors (Lipinski definition) is 1. The van der Waals surface area contributed by atoms with Crippen molar-refractivity contribution in [1.82, 2.24) is 5.32 Å². The molecule has 0 saturated carbocycles. The van der Waals surface area contributed by atoms with Crippen LogP contribution in [0, 0.1) is 0 Å². The highest BCUT2D eigenvalue weighted by molar-refractivity contribution is 5.34. The predicted octanol–water partition coefficient (Wildman–Crippen LogP) is 3.84. The Labute approximate surface area is 95.0 Å². The first-order valence-corrected chi connectivity index (χ1v) is 5.96. The van der Waals surface area contributed by atoms with E-state index in [-0.39, 0.29) is 0 Å². The first-order chi connectivity index (χ1) is 7.31. The van der Waals surface area contributed by atoms with Crippen molar-refractivity contribution in [3.63, 3.8) is 0 Å². The molecule has 1 nitrogen and oxygen atoms in total. The number of allylic oxidation sites excluding steroid dienone is 4. The van der Waals surface area contributed by atoms with Gasteiger partial charge in [-0.3, -0.25) is 0 Å². The summed E-state index contributed by atoms with van der Waals surface area (Å²) in [6.07, 6.45) is 9.87. The van der Waals surface area contributed by atoms with Crippen LogP contribution in [-0.4, -0.2) is 13.1 Å². The molecule has 0 saturated heterocycles. The maximum atomic E-state index is 3.87. The Morgan fingerprint density at radius 3 is 2.47 bits per heavy atom. The molecule has 0 aliphatic heterocycles. The fourth-order valence-electron chi connectivity index (χ4n) is 1.84. The van der Waals surface area contributed by atoms with E-state index in [0.29, 0.717) is 6.04 Å². The average molecular weight is 207 g/mol. The fraction of sp³-hybridized carbons (Fsp3) is 0.571. The van der Waals surface area contributed by atoms with Crippen molar-refractivity contribution in [3.05, 3.63) is 36.0 Å². The lowest BCUT2D eigenvalue weighted by atomic mass is 9.88. The van der Waals surface area contributed by atoms with Crippen LogP contribution in [0.5, 0.6) is 0 Å². The Morgan fingerprint density at radius 2 is 2.00 bits per heavy atom. The molecule has 0 heterocycles. The summed E-state index contributed by atoms with van der Waals surface area (Å²) in [5.41, 5.74) is 2.87. The van der Waals surface area contributed by atoms with E-state index in [1.807, 2.05) is 27.0 Å². The molecule has 0 amide bonds. The largest absolute Gasteiger partial charge is 0.317 e. The molecule has 0 spiro atoms. The van der Waals surface area contributed by atoms with Gasteiger partial charge in [0.05, 0.1) is 0 Å². The zero-order valence-corrected chi connectivity index (χ0v) is 10.6. The zero-order chi connectivity index (χ0) is 11.7. The van der Waals surface area contributed by atoms with Crippen molar-refractivity contribution >= 4 is 0 Å². The van der Waals surface area contributed by atoms with Gasteiger partial charge < -0.3 is 5.32 Å². The van der Waals surface area contributed by atoms with Crippen molar-refractivity contribution < 1.29 is 0 Å². The van der Waals surface area contributed by atoms with Gasteiger partial charge in [0, 0.05) is 6.04 Å². The summed E-state index contributed by atoms with van der Waals surface area (Å²) in [5.74, 6) is 0. The fourth-order valence-corrected chi connectivity index (χ4v) is 1.84. The van der Waals surface area contributed by atoms with Crippen LogP contribution in [-0.2, 0) is 0 Å². The molecule has 1 N–H and O–H groups in total. The van der Waals surface area contributed by atoms with E-state index < -0.39 is 0 Å². The van der Waals surface area contributed by atoms with Crippen molar-refractivity contribution in [2.24, 2.45) is 0 Å². The molecule has 1 atom stereocenters. The molecule has 15 heavy (non-hydrogen) atoms. The molecule has 1 aliphatic rings. The summed E-state index contributed by atoms with van der Waals surface area (Å²) in [4.78, 5) is 0. The molecule has 0 aromatic heterocycles. The van der Waals surface area contributed by atoms with Crippen LogP contribution >= 0.6 is 0 Å². The normalized spacial score (nSPS) is 21.2. The molecule has 0 fully saturated rings. The van der Waals surface area contributed by atoms with Gasteiger partial charge in [-0.25, -0.2) is 0 Å². The molecule has 1 rings (SSSR count). The van der Waals surface area contributed by atoms with E-state index in [9.17, 15) is 0 Å². The third-order valence-corrected chi connectivity index (χ3v) is 2.66. The van der Waals surface area contributed by atoms with Crippen LogP contribution in [0.4, 0.5) is 0 Å². The molecular formula is C14H25N. The highest BCUT2D eigenvalue weighted by Crippen LogP contribution is 2.26. The van der Waals surface area contributed by atoms with E-state index in [1.165, 1.54) is 24.0 Å². The van der Waals surface area contributed by atoms with E-state index in [1.54, 1.807) is 0 Å². The number of hydrogen-bond acceptors (Lipinski definition) is 1. The van der Waals surface area contributed by atoms with Crippen molar-refractivity contribution in [2.45, 2.75) is 46.1 Å². The SMILES string of the molecule is C=CC1=C(/C=C\C)CCC(NC)C1.CC. The Morgan fingerprint density at radius 1 is 1.33 bits per heavy atom. The molecule has 1 aliphatic carbocycles. The smallest absolute Gasteiger partial charge is 0.0108 e. The zero-order valence-electron chi connectivity index (χ0n) is 10.6. The van der Waals surface area contributed by atoms with Gasteiger partial charge in [-0.05, 0) is 44.4 Å². The standard InChI is InChI=1S/C12H19N.C2H6/c1-4-6-11-7-8-12(13-3)9-10(11)5-2;1-2/h4-6,12-13H,2,7-9H2,1,3H3;1-2H3/b6-4-;. The third kappa shape index (κ3) is 4.48.